The van der Waals surface area contributed by atoms with Gasteiger partial charge in [0.1, 0.15) is 0 Å². The van der Waals surface area contributed by atoms with Gasteiger partial charge in [-0.15, -0.1) is 9.24 Å². The van der Waals surface area contributed by atoms with Crippen molar-refractivity contribution in [2.24, 2.45) is 0 Å². The number of aryl methyl sites for hydroxylation is 1. The largest absolute Gasteiger partial charge is 0.264 e. The lowest BCUT2D eigenvalue weighted by molar-refractivity contribution is 1.36. The molecule has 0 bridgehead atoms. The number of hydrogen-bond acceptors (Lipinski definition) is 1. The van der Waals surface area contributed by atoms with E-state index >= 15 is 0 Å². The molecule has 0 aliphatic heterocycles. The van der Waals surface area contributed by atoms with E-state index in [9.17, 15) is 0 Å². The molecule has 1 atom stereocenters. The average Bonchev–Trinajstić information content (AvgIpc) is 2.07. The van der Waals surface area contributed by atoms with Crippen LogP contribution >= 0.6 is 9.24 Å². The molecule has 0 N–H and O–H groups in total. The molecule has 1 nitrogen and oxygen atoms in total. The van der Waals surface area contributed by atoms with Crippen molar-refractivity contribution in [1.29, 1.82) is 0 Å². The zero-order valence-corrected chi connectivity index (χ0v) is 8.07. The van der Waals surface area contributed by atoms with Crippen molar-refractivity contribution in [3.63, 3.8) is 0 Å². The van der Waals surface area contributed by atoms with E-state index in [0.717, 1.165) is 0 Å². The Bertz CT molecular complexity index is 383. The highest BCUT2D eigenvalue weighted by molar-refractivity contribution is 7.27. The monoisotopic (exact) mass is 175 g/mol. The summed E-state index contributed by atoms with van der Waals surface area (Å²) in [6.45, 7) is 2.11. The normalized spacial score (nSPS) is 10.5. The summed E-state index contributed by atoms with van der Waals surface area (Å²) in [6.07, 6.45) is 3.71. The maximum Gasteiger partial charge on any atom is 0.0346 e. The van der Waals surface area contributed by atoms with Crippen LogP contribution in [-0.2, 0) is 0 Å². The number of pyridine rings is 1. The van der Waals surface area contributed by atoms with Crippen LogP contribution in [-0.4, -0.2) is 4.98 Å². The van der Waals surface area contributed by atoms with Crippen LogP contribution in [0.5, 0.6) is 0 Å². The first-order chi connectivity index (χ1) is 5.77. The molecule has 0 fully saturated rings. The minimum Gasteiger partial charge on any atom is -0.264 e. The van der Waals surface area contributed by atoms with Gasteiger partial charge >= 0.3 is 0 Å². The van der Waals surface area contributed by atoms with Crippen LogP contribution < -0.4 is 5.30 Å². The first-order valence-electron chi connectivity index (χ1n) is 3.87. The SMILES string of the molecule is Cc1cc2ccncc2cc1P. The molecule has 0 aliphatic rings. The number of fused-ring (bicyclic) bond motifs is 1. The smallest absolute Gasteiger partial charge is 0.0346 e. The Balaban J connectivity index is 2.84. The van der Waals surface area contributed by atoms with Gasteiger partial charge in [-0.2, -0.15) is 0 Å². The van der Waals surface area contributed by atoms with Crippen molar-refractivity contribution in [2.45, 2.75) is 6.92 Å². The van der Waals surface area contributed by atoms with Crippen LogP contribution in [0.2, 0.25) is 0 Å². The highest BCUT2D eigenvalue weighted by Gasteiger charge is 1.95. The molecule has 0 amide bonds. The third-order valence-electron chi connectivity index (χ3n) is 2.03. The summed E-state index contributed by atoms with van der Waals surface area (Å²) in [5.41, 5.74) is 1.30. The molecule has 0 radical (unpaired) electrons. The maximum absolute atomic E-state index is 4.07. The molecular weight excluding hydrogens is 165 g/mol. The van der Waals surface area contributed by atoms with Crippen LogP contribution in [0.4, 0.5) is 0 Å². The van der Waals surface area contributed by atoms with Gasteiger partial charge < -0.3 is 0 Å². The van der Waals surface area contributed by atoms with Crippen molar-refractivity contribution in [3.8, 4) is 0 Å². The summed E-state index contributed by atoms with van der Waals surface area (Å²) in [6, 6.07) is 6.36. The van der Waals surface area contributed by atoms with Crippen LogP contribution in [0.15, 0.2) is 30.6 Å². The highest BCUT2D eigenvalue weighted by atomic mass is 31.0. The van der Waals surface area contributed by atoms with Crippen LogP contribution in [0.25, 0.3) is 10.8 Å². The summed E-state index contributed by atoms with van der Waals surface area (Å²) in [5.74, 6) is 0. The third-order valence-corrected chi connectivity index (χ3v) is 2.65. The molecule has 1 unspecified atom stereocenters. The van der Waals surface area contributed by atoms with Crippen LogP contribution in [0, 0.1) is 6.92 Å². The molecule has 2 aromatic rings. The van der Waals surface area contributed by atoms with Crippen molar-refractivity contribution >= 4 is 25.3 Å². The van der Waals surface area contributed by atoms with E-state index in [0.29, 0.717) is 0 Å². The van der Waals surface area contributed by atoms with Crippen molar-refractivity contribution in [2.75, 3.05) is 0 Å². The Labute approximate surface area is 74.0 Å². The fraction of sp³-hybridized carbons (Fsp3) is 0.100. The average molecular weight is 175 g/mol. The lowest BCUT2D eigenvalue weighted by atomic mass is 10.1. The lowest BCUT2D eigenvalue weighted by Gasteiger charge is -2.01. The van der Waals surface area contributed by atoms with Gasteiger partial charge in [0.2, 0.25) is 0 Å². The molecule has 0 saturated heterocycles. The Hall–Kier alpha value is -0.940. The summed E-state index contributed by atoms with van der Waals surface area (Å²) < 4.78 is 0. The predicted molar refractivity (Wildman–Crippen MR) is 55.8 cm³/mol. The van der Waals surface area contributed by atoms with Crippen LogP contribution in [0.1, 0.15) is 5.56 Å². The Morgan fingerprint density at radius 1 is 1.25 bits per heavy atom. The van der Waals surface area contributed by atoms with Gasteiger partial charge in [0.25, 0.3) is 0 Å². The number of hydrogen-bond donors (Lipinski definition) is 0. The van der Waals surface area contributed by atoms with Crippen molar-refractivity contribution in [3.05, 3.63) is 36.2 Å². The quantitative estimate of drug-likeness (QED) is 0.558. The van der Waals surface area contributed by atoms with Gasteiger partial charge in [0, 0.05) is 17.8 Å². The molecule has 0 aliphatic carbocycles. The summed E-state index contributed by atoms with van der Waals surface area (Å²) in [5, 5.41) is 3.71. The van der Waals surface area contributed by atoms with Gasteiger partial charge in [0.15, 0.2) is 0 Å². The lowest BCUT2D eigenvalue weighted by Crippen LogP contribution is -1.95. The minimum atomic E-state index is 1.20. The van der Waals surface area contributed by atoms with E-state index in [-0.39, 0.29) is 0 Å². The number of aromatic nitrogens is 1. The highest BCUT2D eigenvalue weighted by Crippen LogP contribution is 2.13. The minimum absolute atomic E-state index is 1.20. The van der Waals surface area contributed by atoms with Gasteiger partial charge in [0.05, 0.1) is 0 Å². The van der Waals surface area contributed by atoms with Crippen molar-refractivity contribution in [1.82, 2.24) is 4.98 Å². The molecular formula is C10H10NP. The number of benzene rings is 1. The molecule has 1 aromatic carbocycles. The van der Waals surface area contributed by atoms with Gasteiger partial charge in [-0.05, 0) is 35.3 Å². The summed E-state index contributed by atoms with van der Waals surface area (Å²) >= 11 is 0. The zero-order chi connectivity index (χ0) is 8.55. The summed E-state index contributed by atoms with van der Waals surface area (Å²) in [7, 11) is 2.73. The second-order valence-corrected chi connectivity index (χ2v) is 3.55. The zero-order valence-electron chi connectivity index (χ0n) is 6.91. The second kappa shape index (κ2) is 2.84. The molecule has 0 saturated carbocycles. The fourth-order valence-electron chi connectivity index (χ4n) is 1.27. The third kappa shape index (κ3) is 1.21. The standard InChI is InChI=1S/C10H10NP/c1-7-4-8-2-3-11-6-9(8)5-10(7)12/h2-6H,12H2,1H3. The van der Waals surface area contributed by atoms with Gasteiger partial charge in [-0.3, -0.25) is 4.98 Å². The number of nitrogens with zero attached hydrogens (tertiary/aromatic N) is 1. The molecule has 2 rings (SSSR count). The fourth-order valence-corrected chi connectivity index (χ4v) is 1.53. The van der Waals surface area contributed by atoms with E-state index in [4.69, 9.17) is 0 Å². The molecule has 12 heavy (non-hydrogen) atoms. The van der Waals surface area contributed by atoms with E-state index in [2.05, 4.69) is 33.3 Å². The Morgan fingerprint density at radius 2 is 2.08 bits per heavy atom. The van der Waals surface area contributed by atoms with E-state index in [1.165, 1.54) is 21.6 Å². The van der Waals surface area contributed by atoms with Crippen LogP contribution in [0.3, 0.4) is 0 Å². The first kappa shape index (κ1) is 7.70. The topological polar surface area (TPSA) is 12.9 Å². The van der Waals surface area contributed by atoms with E-state index in [1.54, 1.807) is 0 Å². The molecule has 60 valence electrons. The Morgan fingerprint density at radius 3 is 2.92 bits per heavy atom. The first-order valence-corrected chi connectivity index (χ1v) is 4.45. The predicted octanol–water partition coefficient (Wildman–Crippen LogP) is 2.04. The van der Waals surface area contributed by atoms with Gasteiger partial charge in [-0.1, -0.05) is 6.07 Å². The summed E-state index contributed by atoms with van der Waals surface area (Å²) in [4.78, 5) is 4.07. The second-order valence-electron chi connectivity index (χ2n) is 2.93. The molecule has 1 aromatic heterocycles. The molecule has 2 heteroatoms. The molecule has 1 heterocycles. The molecule has 0 spiro atoms. The number of rotatable bonds is 0. The maximum atomic E-state index is 4.07. The van der Waals surface area contributed by atoms with E-state index in [1.807, 2.05) is 18.5 Å². The van der Waals surface area contributed by atoms with E-state index < -0.39 is 0 Å². The van der Waals surface area contributed by atoms with Crippen molar-refractivity contribution < 1.29 is 0 Å². The Kier molecular flexibility index (Phi) is 1.82. The van der Waals surface area contributed by atoms with Gasteiger partial charge in [-0.25, -0.2) is 0 Å².